The molecule has 2 N–H and O–H groups in total. The summed E-state index contributed by atoms with van der Waals surface area (Å²) in [5, 5.41) is 9.92. The van der Waals surface area contributed by atoms with Crippen LogP contribution >= 0.6 is 0 Å². The minimum absolute atomic E-state index is 0.237. The maximum atomic E-state index is 12.5. The third kappa shape index (κ3) is 3.27. The largest absolute Gasteiger partial charge is 0.479 e. The van der Waals surface area contributed by atoms with Crippen molar-refractivity contribution in [1.82, 2.24) is 10.2 Å². The number of aliphatic carboxylic acids is 1. The van der Waals surface area contributed by atoms with Crippen molar-refractivity contribution in [3.8, 4) is 12.3 Å². The lowest BCUT2D eigenvalue weighted by Crippen LogP contribution is -2.63. The van der Waals surface area contributed by atoms with Crippen LogP contribution in [0.15, 0.2) is 0 Å². The first-order valence-electron chi connectivity index (χ1n) is 4.33. The Morgan fingerprint density at radius 1 is 1.47 bits per heavy atom. The van der Waals surface area contributed by atoms with Crippen molar-refractivity contribution in [1.29, 1.82) is 0 Å². The molecule has 0 aliphatic carbocycles. The number of carboxylic acid groups (broad SMARTS) is 1. The number of alkyl halides is 3. The number of carboxylic acids is 1. The summed E-state index contributed by atoms with van der Waals surface area (Å²) in [6, 6.07) is -1.22. The van der Waals surface area contributed by atoms with Crippen molar-refractivity contribution in [2.24, 2.45) is 0 Å². The van der Waals surface area contributed by atoms with Crippen molar-refractivity contribution in [2.45, 2.75) is 18.6 Å². The van der Waals surface area contributed by atoms with Crippen LogP contribution in [0.3, 0.4) is 0 Å². The Hall–Kier alpha value is -1.91. The van der Waals surface area contributed by atoms with Crippen LogP contribution in [0.2, 0.25) is 0 Å². The molecule has 8 heteroatoms. The zero-order valence-corrected chi connectivity index (χ0v) is 9.13. The van der Waals surface area contributed by atoms with Crippen LogP contribution in [0.1, 0.15) is 6.92 Å². The first-order valence-corrected chi connectivity index (χ1v) is 4.33. The SMILES string of the molecule is C#CCN(C)C(=O)NC(C)(C(=O)O)C(F)(F)F. The molecule has 0 saturated carbocycles. The maximum Gasteiger partial charge on any atom is 0.422 e. The summed E-state index contributed by atoms with van der Waals surface area (Å²) in [4.78, 5) is 22.6. The molecule has 0 aromatic rings. The smallest absolute Gasteiger partial charge is 0.422 e. The highest BCUT2D eigenvalue weighted by Crippen LogP contribution is 2.30. The summed E-state index contributed by atoms with van der Waals surface area (Å²) in [6.07, 6.45) is -0.253. The van der Waals surface area contributed by atoms with Crippen LogP contribution in [-0.4, -0.2) is 47.3 Å². The van der Waals surface area contributed by atoms with Crippen LogP contribution in [0.25, 0.3) is 0 Å². The van der Waals surface area contributed by atoms with Crippen molar-refractivity contribution in [3.05, 3.63) is 0 Å². The zero-order chi connectivity index (χ0) is 13.9. The number of carbonyl (C=O) groups is 2. The van der Waals surface area contributed by atoms with Gasteiger partial charge in [0, 0.05) is 7.05 Å². The molecule has 5 nitrogen and oxygen atoms in total. The number of nitrogens with one attached hydrogen (secondary N) is 1. The zero-order valence-electron chi connectivity index (χ0n) is 9.13. The number of amides is 2. The third-order valence-electron chi connectivity index (χ3n) is 2.03. The van der Waals surface area contributed by atoms with Gasteiger partial charge in [0.1, 0.15) is 0 Å². The summed E-state index contributed by atoms with van der Waals surface area (Å²) < 4.78 is 37.5. The number of halogens is 3. The second kappa shape index (κ2) is 4.95. The Morgan fingerprint density at radius 2 is 1.94 bits per heavy atom. The highest BCUT2D eigenvalue weighted by Gasteiger charge is 2.58. The summed E-state index contributed by atoms with van der Waals surface area (Å²) in [5.74, 6) is -0.163. The van der Waals surface area contributed by atoms with Gasteiger partial charge in [-0.2, -0.15) is 13.2 Å². The van der Waals surface area contributed by atoms with Crippen LogP contribution < -0.4 is 5.32 Å². The molecule has 96 valence electrons. The van der Waals surface area contributed by atoms with E-state index in [-0.39, 0.29) is 6.54 Å². The molecule has 17 heavy (non-hydrogen) atoms. The molecule has 0 saturated heterocycles. The summed E-state index contributed by atoms with van der Waals surface area (Å²) >= 11 is 0. The van der Waals surface area contributed by atoms with Gasteiger partial charge in [0.25, 0.3) is 0 Å². The fourth-order valence-corrected chi connectivity index (χ4v) is 0.764. The minimum Gasteiger partial charge on any atom is -0.479 e. The molecule has 0 radical (unpaired) electrons. The predicted octanol–water partition coefficient (Wildman–Crippen LogP) is 0.667. The Kier molecular flexibility index (Phi) is 4.39. The van der Waals surface area contributed by atoms with Gasteiger partial charge in [0.15, 0.2) is 0 Å². The third-order valence-corrected chi connectivity index (χ3v) is 2.03. The average Bonchev–Trinajstić information content (AvgIpc) is 2.15. The molecular formula is C9H11F3N2O3. The predicted molar refractivity (Wildman–Crippen MR) is 52.1 cm³/mol. The average molecular weight is 252 g/mol. The highest BCUT2D eigenvalue weighted by atomic mass is 19.4. The molecule has 1 atom stereocenters. The normalized spacial score (nSPS) is 14.4. The van der Waals surface area contributed by atoms with Gasteiger partial charge in [0.2, 0.25) is 5.54 Å². The van der Waals surface area contributed by atoms with Crippen molar-refractivity contribution < 1.29 is 27.9 Å². The molecule has 0 aliphatic heterocycles. The van der Waals surface area contributed by atoms with Gasteiger partial charge in [-0.3, -0.25) is 0 Å². The van der Waals surface area contributed by atoms with Crippen LogP contribution in [0, 0.1) is 12.3 Å². The topological polar surface area (TPSA) is 69.6 Å². The second-order valence-corrected chi connectivity index (χ2v) is 3.42. The molecule has 0 aliphatic rings. The first kappa shape index (κ1) is 15.1. The monoisotopic (exact) mass is 252 g/mol. The Bertz CT molecular complexity index is 361. The Morgan fingerprint density at radius 3 is 2.24 bits per heavy atom. The fraction of sp³-hybridized carbons (Fsp3) is 0.556. The number of hydrogen-bond acceptors (Lipinski definition) is 2. The van der Waals surface area contributed by atoms with Crippen LogP contribution in [-0.2, 0) is 4.79 Å². The number of hydrogen-bond donors (Lipinski definition) is 2. The molecule has 1 unspecified atom stereocenters. The number of urea groups is 1. The lowest BCUT2D eigenvalue weighted by Gasteiger charge is -2.30. The van der Waals surface area contributed by atoms with E-state index in [0.29, 0.717) is 6.92 Å². The van der Waals surface area contributed by atoms with E-state index in [1.807, 2.05) is 5.92 Å². The van der Waals surface area contributed by atoms with Crippen LogP contribution in [0.4, 0.5) is 18.0 Å². The Balaban J connectivity index is 5.00. The number of nitrogens with zero attached hydrogens (tertiary/aromatic N) is 1. The molecule has 0 aromatic carbocycles. The van der Waals surface area contributed by atoms with E-state index in [1.54, 1.807) is 0 Å². The highest BCUT2D eigenvalue weighted by molar-refractivity contribution is 5.86. The van der Waals surface area contributed by atoms with Gasteiger partial charge in [-0.25, -0.2) is 9.59 Å². The molecule has 0 fully saturated rings. The van der Waals surface area contributed by atoms with Crippen LogP contribution in [0.5, 0.6) is 0 Å². The lowest BCUT2D eigenvalue weighted by atomic mass is 10.0. The summed E-state index contributed by atoms with van der Waals surface area (Å²) in [7, 11) is 1.15. The molecular weight excluding hydrogens is 241 g/mol. The van der Waals surface area contributed by atoms with Gasteiger partial charge in [-0.1, -0.05) is 5.92 Å². The summed E-state index contributed by atoms with van der Waals surface area (Å²) in [6.45, 7) is 0.121. The van der Waals surface area contributed by atoms with Crippen molar-refractivity contribution in [3.63, 3.8) is 0 Å². The first-order chi connectivity index (χ1) is 7.56. The quantitative estimate of drug-likeness (QED) is 0.725. The van der Waals surface area contributed by atoms with E-state index >= 15 is 0 Å². The number of rotatable bonds is 3. The van der Waals surface area contributed by atoms with E-state index in [0.717, 1.165) is 11.9 Å². The lowest BCUT2D eigenvalue weighted by molar-refractivity contribution is -0.203. The fourth-order valence-electron chi connectivity index (χ4n) is 0.764. The molecule has 0 rings (SSSR count). The number of terminal acetylenes is 1. The van der Waals surface area contributed by atoms with Gasteiger partial charge >= 0.3 is 18.2 Å². The molecule has 0 aromatic heterocycles. The van der Waals surface area contributed by atoms with Gasteiger partial charge < -0.3 is 15.3 Å². The van der Waals surface area contributed by atoms with Gasteiger partial charge in [-0.05, 0) is 6.92 Å². The van der Waals surface area contributed by atoms with E-state index in [4.69, 9.17) is 11.5 Å². The van der Waals surface area contributed by atoms with Crippen molar-refractivity contribution in [2.75, 3.05) is 13.6 Å². The Labute approximate surface area is 95.6 Å². The molecule has 2 amide bonds. The van der Waals surface area contributed by atoms with Gasteiger partial charge in [0.05, 0.1) is 6.54 Å². The van der Waals surface area contributed by atoms with E-state index in [1.165, 1.54) is 5.32 Å². The second-order valence-electron chi connectivity index (χ2n) is 3.42. The molecule has 0 spiro atoms. The maximum absolute atomic E-state index is 12.5. The van der Waals surface area contributed by atoms with E-state index in [9.17, 15) is 22.8 Å². The molecule has 0 bridgehead atoms. The van der Waals surface area contributed by atoms with E-state index in [2.05, 4.69) is 0 Å². The summed E-state index contributed by atoms with van der Waals surface area (Å²) in [5.41, 5.74) is -3.35. The van der Waals surface area contributed by atoms with Gasteiger partial charge in [-0.15, -0.1) is 6.42 Å². The standard InChI is InChI=1S/C9H11F3N2O3/c1-4-5-14(3)7(17)13-8(2,6(15)16)9(10,11)12/h1H,5H2,2-3H3,(H,13,17)(H,15,16). The molecule has 0 heterocycles. The van der Waals surface area contributed by atoms with E-state index < -0.39 is 23.7 Å². The van der Waals surface area contributed by atoms with Crippen molar-refractivity contribution >= 4 is 12.0 Å². The minimum atomic E-state index is -5.12. The number of carbonyl (C=O) groups excluding carboxylic acids is 1.